The molecule has 0 aliphatic carbocycles. The highest BCUT2D eigenvalue weighted by Gasteiger charge is 2.10. The largest absolute Gasteiger partial charge is 0.389 e. The summed E-state index contributed by atoms with van der Waals surface area (Å²) in [5.74, 6) is 0. The Labute approximate surface area is 126 Å². The van der Waals surface area contributed by atoms with E-state index in [9.17, 15) is 0 Å². The van der Waals surface area contributed by atoms with E-state index in [1.54, 1.807) is 0 Å². The molecule has 1 unspecified atom stereocenters. The first kappa shape index (κ1) is 16.3. The minimum absolute atomic E-state index is 0.379. The van der Waals surface area contributed by atoms with E-state index < -0.39 is 0 Å². The summed E-state index contributed by atoms with van der Waals surface area (Å²) in [7, 11) is 0. The number of unbranched alkanes of at least 4 members (excludes halogenated alkanes) is 1. The topological polar surface area (TPSA) is 38.0 Å². The van der Waals surface area contributed by atoms with Crippen LogP contribution in [-0.4, -0.2) is 11.0 Å². The van der Waals surface area contributed by atoms with Crippen molar-refractivity contribution >= 4 is 34.5 Å². The first-order chi connectivity index (χ1) is 9.08. The van der Waals surface area contributed by atoms with Crippen LogP contribution in [0.3, 0.4) is 0 Å². The monoisotopic (exact) mass is 298 g/mol. The lowest BCUT2D eigenvalue weighted by Gasteiger charge is -2.20. The molecule has 0 saturated carbocycles. The van der Waals surface area contributed by atoms with Gasteiger partial charge in [0.1, 0.15) is 4.99 Å². The highest BCUT2D eigenvalue weighted by atomic mass is 35.5. The molecular weight excluding hydrogens is 276 g/mol. The molecule has 0 fully saturated rings. The van der Waals surface area contributed by atoms with Crippen LogP contribution in [0.15, 0.2) is 18.2 Å². The van der Waals surface area contributed by atoms with Gasteiger partial charge >= 0.3 is 0 Å². The second-order valence-electron chi connectivity index (χ2n) is 4.83. The van der Waals surface area contributed by atoms with Gasteiger partial charge in [0.05, 0.1) is 10.7 Å². The van der Waals surface area contributed by atoms with Gasteiger partial charge < -0.3 is 11.1 Å². The van der Waals surface area contributed by atoms with E-state index in [1.807, 2.05) is 18.2 Å². The van der Waals surface area contributed by atoms with Crippen LogP contribution in [0, 0.1) is 0 Å². The van der Waals surface area contributed by atoms with E-state index in [0.29, 0.717) is 16.1 Å². The Morgan fingerprint density at radius 1 is 1.32 bits per heavy atom. The molecule has 106 valence electrons. The summed E-state index contributed by atoms with van der Waals surface area (Å²) in [6.07, 6.45) is 5.96. The van der Waals surface area contributed by atoms with Gasteiger partial charge in [-0.3, -0.25) is 0 Å². The molecule has 1 rings (SSSR count). The van der Waals surface area contributed by atoms with Crippen LogP contribution in [-0.2, 0) is 0 Å². The van der Waals surface area contributed by atoms with Crippen molar-refractivity contribution in [3.63, 3.8) is 0 Å². The Bertz CT molecular complexity index is 421. The van der Waals surface area contributed by atoms with E-state index in [0.717, 1.165) is 17.7 Å². The van der Waals surface area contributed by atoms with E-state index >= 15 is 0 Å². The molecule has 3 N–H and O–H groups in total. The zero-order valence-corrected chi connectivity index (χ0v) is 13.3. The minimum atomic E-state index is 0.379. The normalized spacial score (nSPS) is 12.2. The summed E-state index contributed by atoms with van der Waals surface area (Å²) in [5.41, 5.74) is 7.38. The number of hydrogen-bond donors (Lipinski definition) is 2. The average Bonchev–Trinajstić information content (AvgIpc) is 2.38. The Hall–Kier alpha value is -0.800. The summed E-state index contributed by atoms with van der Waals surface area (Å²) < 4.78 is 0. The molecule has 0 spiro atoms. The Morgan fingerprint density at radius 2 is 2.05 bits per heavy atom. The van der Waals surface area contributed by atoms with Crippen molar-refractivity contribution in [1.29, 1.82) is 0 Å². The van der Waals surface area contributed by atoms with Crippen molar-refractivity contribution < 1.29 is 0 Å². The van der Waals surface area contributed by atoms with Gasteiger partial charge in [-0.15, -0.1) is 0 Å². The van der Waals surface area contributed by atoms with Crippen molar-refractivity contribution in [3.8, 4) is 0 Å². The smallest absolute Gasteiger partial charge is 0.104 e. The van der Waals surface area contributed by atoms with Gasteiger partial charge in [-0.1, -0.05) is 56.9 Å². The molecule has 0 aromatic heterocycles. The van der Waals surface area contributed by atoms with E-state index in [4.69, 9.17) is 29.6 Å². The Kier molecular flexibility index (Phi) is 7.17. The third-order valence-electron chi connectivity index (χ3n) is 3.16. The first-order valence-corrected chi connectivity index (χ1v) is 7.73. The fourth-order valence-corrected chi connectivity index (χ4v) is 2.46. The lowest BCUT2D eigenvalue weighted by atomic mass is 10.0. The molecular formula is C15H23ClN2S. The number of thiocarbonyl (C=S) groups is 1. The van der Waals surface area contributed by atoms with E-state index in [-0.39, 0.29) is 0 Å². The lowest BCUT2D eigenvalue weighted by molar-refractivity contribution is 0.564. The predicted molar refractivity (Wildman–Crippen MR) is 89.2 cm³/mol. The van der Waals surface area contributed by atoms with Gasteiger partial charge in [0.15, 0.2) is 0 Å². The third-order valence-corrected chi connectivity index (χ3v) is 3.70. The second-order valence-corrected chi connectivity index (χ2v) is 5.68. The molecule has 1 aromatic rings. The molecule has 4 heteroatoms. The second kappa shape index (κ2) is 8.39. The van der Waals surface area contributed by atoms with Crippen molar-refractivity contribution in [3.05, 3.63) is 28.8 Å². The van der Waals surface area contributed by atoms with Gasteiger partial charge in [0, 0.05) is 11.6 Å². The van der Waals surface area contributed by atoms with Gasteiger partial charge in [-0.25, -0.2) is 0 Å². The predicted octanol–water partition coefficient (Wildman–Crippen LogP) is 4.75. The summed E-state index contributed by atoms with van der Waals surface area (Å²) >= 11 is 11.2. The fraction of sp³-hybridized carbons (Fsp3) is 0.533. The van der Waals surface area contributed by atoms with Crippen LogP contribution in [0.2, 0.25) is 5.02 Å². The van der Waals surface area contributed by atoms with Crippen LogP contribution in [0.4, 0.5) is 5.69 Å². The Morgan fingerprint density at radius 3 is 2.58 bits per heavy atom. The van der Waals surface area contributed by atoms with Crippen molar-refractivity contribution in [1.82, 2.24) is 0 Å². The molecule has 0 aliphatic heterocycles. The summed E-state index contributed by atoms with van der Waals surface area (Å²) in [6.45, 7) is 4.42. The number of benzene rings is 1. The molecule has 2 nitrogen and oxygen atoms in total. The van der Waals surface area contributed by atoms with Crippen molar-refractivity contribution in [2.24, 2.45) is 5.73 Å². The fourth-order valence-electron chi connectivity index (χ4n) is 2.09. The Balaban J connectivity index is 2.75. The lowest BCUT2D eigenvalue weighted by Crippen LogP contribution is -2.19. The number of nitrogens with two attached hydrogens (primary N) is 1. The molecule has 0 heterocycles. The minimum Gasteiger partial charge on any atom is -0.389 e. The quantitative estimate of drug-likeness (QED) is 0.681. The van der Waals surface area contributed by atoms with Crippen LogP contribution < -0.4 is 11.1 Å². The molecule has 0 amide bonds. The summed E-state index contributed by atoms with van der Waals surface area (Å²) in [5, 5.41) is 4.22. The summed E-state index contributed by atoms with van der Waals surface area (Å²) in [6, 6.07) is 6.19. The van der Waals surface area contributed by atoms with Gasteiger partial charge in [0.25, 0.3) is 0 Å². The van der Waals surface area contributed by atoms with Gasteiger partial charge in [-0.05, 0) is 31.0 Å². The maximum Gasteiger partial charge on any atom is 0.104 e. The van der Waals surface area contributed by atoms with Crippen molar-refractivity contribution in [2.75, 3.05) is 5.32 Å². The number of anilines is 1. The highest BCUT2D eigenvalue weighted by Crippen LogP contribution is 2.25. The van der Waals surface area contributed by atoms with Crippen molar-refractivity contribution in [2.45, 2.75) is 52.0 Å². The van der Waals surface area contributed by atoms with Crippen LogP contribution in [0.1, 0.15) is 51.5 Å². The molecule has 1 aromatic carbocycles. The highest BCUT2D eigenvalue weighted by molar-refractivity contribution is 7.80. The standard InChI is InChI=1S/C15H23ClN2S/c1-3-5-7-12(6-4-2)18-14-9-8-11(15(17)19)10-13(14)16/h8-10,12,18H,3-7H2,1-2H3,(H2,17,19). The van der Waals surface area contributed by atoms with Crippen LogP contribution in [0.25, 0.3) is 0 Å². The van der Waals surface area contributed by atoms with Gasteiger partial charge in [-0.2, -0.15) is 0 Å². The molecule has 0 saturated heterocycles. The number of halogens is 1. The summed E-state index contributed by atoms with van der Waals surface area (Å²) in [4.78, 5) is 0.379. The molecule has 19 heavy (non-hydrogen) atoms. The number of hydrogen-bond acceptors (Lipinski definition) is 2. The number of nitrogens with one attached hydrogen (secondary N) is 1. The first-order valence-electron chi connectivity index (χ1n) is 6.94. The molecule has 0 bridgehead atoms. The van der Waals surface area contributed by atoms with Crippen LogP contribution >= 0.6 is 23.8 Å². The molecule has 0 radical (unpaired) electrons. The maximum atomic E-state index is 6.27. The molecule has 0 aliphatic rings. The number of rotatable bonds is 8. The average molecular weight is 299 g/mol. The van der Waals surface area contributed by atoms with E-state index in [2.05, 4.69) is 19.2 Å². The third kappa shape index (κ3) is 5.37. The zero-order valence-electron chi connectivity index (χ0n) is 11.7. The SMILES string of the molecule is CCCCC(CCC)Nc1ccc(C(N)=S)cc1Cl. The molecule has 1 atom stereocenters. The van der Waals surface area contributed by atoms with E-state index in [1.165, 1.54) is 25.7 Å². The maximum absolute atomic E-state index is 6.27. The van der Waals surface area contributed by atoms with Gasteiger partial charge in [0.2, 0.25) is 0 Å². The van der Waals surface area contributed by atoms with Crippen LogP contribution in [0.5, 0.6) is 0 Å². The zero-order chi connectivity index (χ0) is 14.3.